The lowest BCUT2D eigenvalue weighted by Crippen LogP contribution is -2.54. The first-order valence-electron chi connectivity index (χ1n) is 14.0. The Balaban J connectivity index is 1.78. The normalized spacial score (nSPS) is 13.7. The maximum absolute atomic E-state index is 14.3. The Hall–Kier alpha value is -3.47. The van der Waals surface area contributed by atoms with Crippen LogP contribution >= 0.6 is 23.2 Å². The van der Waals surface area contributed by atoms with Crippen LogP contribution in [0.5, 0.6) is 11.5 Å². The zero-order chi connectivity index (χ0) is 31.1. The van der Waals surface area contributed by atoms with Crippen molar-refractivity contribution in [1.82, 2.24) is 10.2 Å². The molecule has 0 aliphatic carbocycles. The lowest BCUT2D eigenvalue weighted by Gasteiger charge is -2.34. The van der Waals surface area contributed by atoms with Gasteiger partial charge in [0.25, 0.3) is 0 Å². The number of ether oxygens (including phenoxy) is 2. The summed E-state index contributed by atoms with van der Waals surface area (Å²) >= 11 is 13.1. The van der Waals surface area contributed by atoms with Gasteiger partial charge in [-0.05, 0) is 50.1 Å². The van der Waals surface area contributed by atoms with Crippen LogP contribution < -0.4 is 19.1 Å². The van der Waals surface area contributed by atoms with Gasteiger partial charge < -0.3 is 19.7 Å². The average Bonchev–Trinajstić information content (AvgIpc) is 3.47. The molecule has 0 aromatic heterocycles. The SMILES string of the molecule is CC[C@H](C)NC(=O)[C@H](Cc1ccccc1)N(Cc1c(Cl)cccc1Cl)C(=O)CN(c1ccc2c(c1)OCO2)S(=O)(=O)CC. The van der Waals surface area contributed by atoms with E-state index in [1.807, 2.05) is 44.2 Å². The third kappa shape index (κ3) is 7.93. The van der Waals surface area contributed by atoms with E-state index in [1.54, 1.807) is 30.3 Å². The largest absolute Gasteiger partial charge is 0.454 e. The summed E-state index contributed by atoms with van der Waals surface area (Å²) < 4.78 is 38.6. The summed E-state index contributed by atoms with van der Waals surface area (Å²) in [6.07, 6.45) is 0.863. The van der Waals surface area contributed by atoms with Gasteiger partial charge in [0.1, 0.15) is 12.6 Å². The second-order valence-electron chi connectivity index (χ2n) is 10.2. The molecule has 230 valence electrons. The molecule has 0 unspecified atom stereocenters. The first-order valence-corrected chi connectivity index (χ1v) is 16.4. The molecule has 9 nitrogen and oxygen atoms in total. The molecule has 0 bridgehead atoms. The second-order valence-corrected chi connectivity index (χ2v) is 13.2. The summed E-state index contributed by atoms with van der Waals surface area (Å²) in [5.74, 6) is -0.388. The zero-order valence-electron chi connectivity index (χ0n) is 24.3. The van der Waals surface area contributed by atoms with Gasteiger partial charge in [0, 0.05) is 40.7 Å². The van der Waals surface area contributed by atoms with Gasteiger partial charge in [-0.2, -0.15) is 0 Å². The van der Waals surface area contributed by atoms with E-state index in [-0.39, 0.29) is 43.1 Å². The predicted octanol–water partition coefficient (Wildman–Crippen LogP) is 5.43. The molecule has 0 radical (unpaired) electrons. The van der Waals surface area contributed by atoms with Crippen molar-refractivity contribution < 1.29 is 27.5 Å². The number of amides is 2. The molecular formula is C31H35Cl2N3O6S. The molecule has 0 saturated heterocycles. The van der Waals surface area contributed by atoms with Crippen molar-refractivity contribution in [2.75, 3.05) is 23.4 Å². The molecule has 1 N–H and O–H groups in total. The minimum atomic E-state index is -3.94. The van der Waals surface area contributed by atoms with Crippen LogP contribution in [0.25, 0.3) is 0 Å². The van der Waals surface area contributed by atoms with E-state index < -0.39 is 28.5 Å². The van der Waals surface area contributed by atoms with Gasteiger partial charge in [-0.15, -0.1) is 0 Å². The Labute approximate surface area is 262 Å². The average molecular weight is 649 g/mol. The van der Waals surface area contributed by atoms with Crippen molar-refractivity contribution in [3.05, 3.63) is 87.9 Å². The summed E-state index contributed by atoms with van der Waals surface area (Å²) in [5.41, 5.74) is 1.50. The number of carbonyl (C=O) groups excluding carboxylic acids is 2. The van der Waals surface area contributed by atoms with Crippen molar-refractivity contribution in [3.63, 3.8) is 0 Å². The first-order chi connectivity index (χ1) is 20.5. The molecule has 2 amide bonds. The van der Waals surface area contributed by atoms with E-state index in [9.17, 15) is 18.0 Å². The van der Waals surface area contributed by atoms with Gasteiger partial charge in [-0.3, -0.25) is 13.9 Å². The number of sulfonamides is 1. The standard InChI is InChI=1S/C31H35Cl2N3O6S/c1-4-21(3)34-31(38)27(16-22-10-7-6-8-11-22)35(18-24-25(32)12-9-13-26(24)33)30(37)19-36(43(39,40)5-2)23-14-15-28-29(17-23)42-20-41-28/h6-15,17,21,27H,4-5,16,18-20H2,1-3H3,(H,34,38)/t21-,27-/m0/s1. The number of rotatable bonds is 13. The highest BCUT2D eigenvalue weighted by atomic mass is 35.5. The van der Waals surface area contributed by atoms with Gasteiger partial charge in [-0.25, -0.2) is 8.42 Å². The minimum absolute atomic E-state index is 0.0110. The molecule has 2 atom stereocenters. The van der Waals surface area contributed by atoms with Crippen molar-refractivity contribution in [2.24, 2.45) is 0 Å². The van der Waals surface area contributed by atoms with Gasteiger partial charge >= 0.3 is 0 Å². The van der Waals surface area contributed by atoms with Crippen molar-refractivity contribution >= 4 is 50.7 Å². The second kappa shape index (κ2) is 14.3. The molecule has 0 fully saturated rings. The summed E-state index contributed by atoms with van der Waals surface area (Å²) in [6.45, 7) is 4.64. The molecule has 0 spiro atoms. The highest BCUT2D eigenvalue weighted by Crippen LogP contribution is 2.36. The third-order valence-electron chi connectivity index (χ3n) is 7.29. The fourth-order valence-corrected chi connectivity index (χ4v) is 6.18. The van der Waals surface area contributed by atoms with Crippen LogP contribution in [-0.4, -0.2) is 56.3 Å². The Morgan fingerprint density at radius 2 is 1.63 bits per heavy atom. The van der Waals surface area contributed by atoms with Crippen molar-refractivity contribution in [3.8, 4) is 11.5 Å². The molecule has 1 aliphatic heterocycles. The Kier molecular flexibility index (Phi) is 10.8. The van der Waals surface area contributed by atoms with Gasteiger partial charge in [0.05, 0.1) is 11.4 Å². The number of hydrogen-bond acceptors (Lipinski definition) is 6. The number of halogens is 2. The summed E-state index contributed by atoms with van der Waals surface area (Å²) in [5, 5.41) is 3.63. The van der Waals surface area contributed by atoms with Crippen LogP contribution in [0, 0.1) is 0 Å². The molecule has 3 aromatic rings. The number of fused-ring (bicyclic) bond motifs is 1. The van der Waals surface area contributed by atoms with Gasteiger partial charge in [0.15, 0.2) is 11.5 Å². The number of nitrogens with zero attached hydrogens (tertiary/aromatic N) is 2. The number of benzene rings is 3. The van der Waals surface area contributed by atoms with Crippen LogP contribution in [0.4, 0.5) is 5.69 Å². The third-order valence-corrected chi connectivity index (χ3v) is 9.74. The summed E-state index contributed by atoms with van der Waals surface area (Å²) in [4.78, 5) is 29.5. The Morgan fingerprint density at radius 1 is 0.953 bits per heavy atom. The van der Waals surface area contributed by atoms with E-state index >= 15 is 0 Å². The fraction of sp³-hybridized carbons (Fsp3) is 0.355. The van der Waals surface area contributed by atoms with E-state index in [1.165, 1.54) is 17.9 Å². The summed E-state index contributed by atoms with van der Waals surface area (Å²) in [7, 11) is -3.94. The van der Waals surface area contributed by atoms with Crippen LogP contribution in [0.2, 0.25) is 10.0 Å². The summed E-state index contributed by atoms with van der Waals surface area (Å²) in [6, 6.07) is 17.8. The van der Waals surface area contributed by atoms with Crippen molar-refractivity contribution in [1.29, 1.82) is 0 Å². The zero-order valence-corrected chi connectivity index (χ0v) is 26.6. The fourth-order valence-electron chi connectivity index (χ4n) is 4.61. The maximum atomic E-state index is 14.3. The lowest BCUT2D eigenvalue weighted by atomic mass is 10.0. The molecular weight excluding hydrogens is 613 g/mol. The van der Waals surface area contributed by atoms with Gasteiger partial charge in [-0.1, -0.05) is 66.5 Å². The van der Waals surface area contributed by atoms with Gasteiger partial charge in [0.2, 0.25) is 28.6 Å². The van der Waals surface area contributed by atoms with Crippen LogP contribution in [-0.2, 0) is 32.6 Å². The topological polar surface area (TPSA) is 105 Å². The number of anilines is 1. The van der Waals surface area contributed by atoms with Crippen LogP contribution in [0.15, 0.2) is 66.7 Å². The van der Waals surface area contributed by atoms with Crippen molar-refractivity contribution in [2.45, 2.75) is 52.2 Å². The smallest absolute Gasteiger partial charge is 0.244 e. The molecule has 1 heterocycles. The molecule has 12 heteroatoms. The Morgan fingerprint density at radius 3 is 2.28 bits per heavy atom. The number of hydrogen-bond donors (Lipinski definition) is 1. The lowest BCUT2D eigenvalue weighted by molar-refractivity contribution is -0.140. The predicted molar refractivity (Wildman–Crippen MR) is 168 cm³/mol. The monoisotopic (exact) mass is 647 g/mol. The minimum Gasteiger partial charge on any atom is -0.454 e. The quantitative estimate of drug-likeness (QED) is 0.265. The molecule has 4 rings (SSSR count). The number of nitrogens with one attached hydrogen (secondary N) is 1. The van der Waals surface area contributed by atoms with E-state index in [2.05, 4.69) is 5.32 Å². The van der Waals surface area contributed by atoms with Crippen LogP contribution in [0.3, 0.4) is 0 Å². The first kappa shape index (κ1) is 32.4. The van der Waals surface area contributed by atoms with Crippen LogP contribution in [0.1, 0.15) is 38.3 Å². The highest BCUT2D eigenvalue weighted by molar-refractivity contribution is 7.92. The van der Waals surface area contributed by atoms with E-state index in [0.29, 0.717) is 33.5 Å². The molecule has 43 heavy (non-hydrogen) atoms. The maximum Gasteiger partial charge on any atom is 0.244 e. The Bertz CT molecular complexity index is 1530. The molecule has 1 aliphatic rings. The highest BCUT2D eigenvalue weighted by Gasteiger charge is 2.35. The van der Waals surface area contributed by atoms with E-state index in [0.717, 1.165) is 9.87 Å². The number of carbonyl (C=O) groups is 2. The molecule has 0 saturated carbocycles. The molecule has 3 aromatic carbocycles. The van der Waals surface area contributed by atoms with E-state index in [4.69, 9.17) is 32.7 Å².